The summed E-state index contributed by atoms with van der Waals surface area (Å²) in [5.41, 5.74) is 1.56. The van der Waals surface area contributed by atoms with E-state index >= 15 is 0 Å². The molecule has 1 aromatic heterocycles. The van der Waals surface area contributed by atoms with E-state index in [1.165, 1.54) is 0 Å². The molecule has 0 saturated heterocycles. The normalized spacial score (nSPS) is 10.5. The Hall–Kier alpha value is -1.22. The van der Waals surface area contributed by atoms with Gasteiger partial charge in [0.25, 0.3) is 5.52 Å². The summed E-state index contributed by atoms with van der Waals surface area (Å²) in [5.74, 6) is 0.774. The Bertz CT molecular complexity index is 410. The predicted molar refractivity (Wildman–Crippen MR) is 44.3 cm³/mol. The van der Waals surface area contributed by atoms with E-state index in [0.29, 0.717) is 0 Å². The molecular formula is C8H7ClNO2+. The van der Waals surface area contributed by atoms with Crippen LogP contribution in [0.2, 0.25) is 5.35 Å². The number of methoxy groups -OCH3 is 1. The molecule has 0 aliphatic heterocycles. The van der Waals surface area contributed by atoms with E-state index in [9.17, 15) is 0 Å². The summed E-state index contributed by atoms with van der Waals surface area (Å²) in [6, 6.07) is 5.44. The molecule has 0 fully saturated rings. The molecule has 0 radical (unpaired) electrons. The van der Waals surface area contributed by atoms with Crippen LogP contribution in [0.25, 0.3) is 11.1 Å². The molecule has 1 N–H and O–H groups in total. The van der Waals surface area contributed by atoms with E-state index in [0.717, 1.165) is 16.8 Å². The minimum Gasteiger partial charge on any atom is -0.497 e. The molecule has 3 nitrogen and oxygen atoms in total. The van der Waals surface area contributed by atoms with Gasteiger partial charge in [0, 0.05) is 11.6 Å². The highest BCUT2D eigenvalue weighted by Gasteiger charge is 2.10. The molecule has 0 aliphatic rings. The number of hydrogen-bond donors (Lipinski definition) is 0. The van der Waals surface area contributed by atoms with Crippen molar-refractivity contribution in [3.8, 4) is 5.75 Å². The second-order valence-electron chi connectivity index (χ2n) is 2.36. The maximum Gasteiger partial charge on any atom is 0.449 e. The molecule has 0 unspecified atom stereocenters. The third kappa shape index (κ3) is 1.12. The van der Waals surface area contributed by atoms with Crippen molar-refractivity contribution in [2.45, 2.75) is 0 Å². The summed E-state index contributed by atoms with van der Waals surface area (Å²) in [6.07, 6.45) is 0. The van der Waals surface area contributed by atoms with Crippen LogP contribution < -0.4 is 9.72 Å². The first kappa shape index (κ1) is 7.43. The van der Waals surface area contributed by atoms with Gasteiger partial charge in [0.2, 0.25) is 5.58 Å². The maximum absolute atomic E-state index is 5.62. The SMILES string of the molecule is COc1ccc2oc(Cl)[nH+]c2c1. The number of aromatic nitrogens is 1. The van der Waals surface area contributed by atoms with E-state index < -0.39 is 0 Å². The summed E-state index contributed by atoms with van der Waals surface area (Å²) in [7, 11) is 1.61. The van der Waals surface area contributed by atoms with E-state index in [2.05, 4.69) is 4.98 Å². The summed E-state index contributed by atoms with van der Waals surface area (Å²) in [4.78, 5) is 2.85. The lowest BCUT2D eigenvalue weighted by Gasteiger charge is -1.93. The highest BCUT2D eigenvalue weighted by atomic mass is 35.5. The van der Waals surface area contributed by atoms with Gasteiger partial charge in [0.1, 0.15) is 5.75 Å². The molecule has 62 valence electrons. The lowest BCUT2D eigenvalue weighted by Crippen LogP contribution is -1.97. The number of hydrogen-bond acceptors (Lipinski definition) is 2. The van der Waals surface area contributed by atoms with Gasteiger partial charge in [-0.25, -0.2) is 0 Å². The fourth-order valence-corrected chi connectivity index (χ4v) is 1.24. The Morgan fingerprint density at radius 3 is 3.08 bits per heavy atom. The number of aromatic amines is 1. The van der Waals surface area contributed by atoms with Crippen LogP contribution in [0, 0.1) is 0 Å². The first-order valence-electron chi connectivity index (χ1n) is 3.45. The van der Waals surface area contributed by atoms with Crippen molar-refractivity contribution in [2.75, 3.05) is 7.11 Å². The van der Waals surface area contributed by atoms with E-state index in [4.69, 9.17) is 20.8 Å². The van der Waals surface area contributed by atoms with Gasteiger partial charge < -0.3 is 9.15 Å². The summed E-state index contributed by atoms with van der Waals surface area (Å²) in [6.45, 7) is 0. The Kier molecular flexibility index (Phi) is 1.66. The average molecular weight is 185 g/mol. The van der Waals surface area contributed by atoms with Crippen molar-refractivity contribution in [2.24, 2.45) is 0 Å². The second kappa shape index (κ2) is 2.68. The standard InChI is InChI=1S/C8H6ClNO2/c1-11-5-2-3-7-6(4-5)10-8(9)12-7/h2-4H,1H3/p+1. The first-order chi connectivity index (χ1) is 5.79. The maximum atomic E-state index is 5.62. The molecule has 4 heteroatoms. The third-order valence-electron chi connectivity index (χ3n) is 1.62. The zero-order chi connectivity index (χ0) is 8.55. The number of ether oxygens (including phenoxy) is 1. The van der Waals surface area contributed by atoms with Crippen LogP contribution in [0.15, 0.2) is 22.6 Å². The van der Waals surface area contributed by atoms with Crippen LogP contribution in [-0.2, 0) is 0 Å². The molecule has 1 aromatic carbocycles. The van der Waals surface area contributed by atoms with Gasteiger partial charge in [-0.15, -0.1) is 0 Å². The Labute approximate surface area is 73.9 Å². The Balaban J connectivity index is 2.66. The van der Waals surface area contributed by atoms with Gasteiger partial charge in [-0.3, -0.25) is 0 Å². The molecule has 0 amide bonds. The quantitative estimate of drug-likeness (QED) is 0.679. The number of oxazole rings is 1. The lowest BCUT2D eigenvalue weighted by molar-refractivity contribution is -0.351. The molecule has 0 aliphatic carbocycles. The van der Waals surface area contributed by atoms with Crippen molar-refractivity contribution < 1.29 is 14.1 Å². The van der Waals surface area contributed by atoms with Crippen LogP contribution in [0.1, 0.15) is 0 Å². The fourth-order valence-electron chi connectivity index (χ4n) is 1.05. The van der Waals surface area contributed by atoms with Gasteiger partial charge in [0.05, 0.1) is 13.2 Å². The van der Waals surface area contributed by atoms with Gasteiger partial charge in [0.15, 0.2) is 0 Å². The van der Waals surface area contributed by atoms with Crippen molar-refractivity contribution in [1.29, 1.82) is 0 Å². The van der Waals surface area contributed by atoms with Gasteiger partial charge in [-0.2, -0.15) is 4.98 Å². The Morgan fingerprint density at radius 1 is 1.50 bits per heavy atom. The van der Waals surface area contributed by atoms with Gasteiger partial charge >= 0.3 is 5.35 Å². The summed E-state index contributed by atoms with van der Waals surface area (Å²) in [5, 5.41) is 0.276. The van der Waals surface area contributed by atoms with Crippen molar-refractivity contribution in [3.05, 3.63) is 23.5 Å². The van der Waals surface area contributed by atoms with Crippen LogP contribution >= 0.6 is 11.6 Å². The monoisotopic (exact) mass is 184 g/mol. The molecule has 1 heterocycles. The van der Waals surface area contributed by atoms with Crippen LogP contribution in [0.3, 0.4) is 0 Å². The molecule has 0 bridgehead atoms. The van der Waals surface area contributed by atoms with Crippen LogP contribution in [-0.4, -0.2) is 7.11 Å². The minimum absolute atomic E-state index is 0.276. The predicted octanol–water partition coefficient (Wildman–Crippen LogP) is 1.91. The summed E-state index contributed by atoms with van der Waals surface area (Å²) < 4.78 is 10.1. The second-order valence-corrected chi connectivity index (χ2v) is 2.71. The topological polar surface area (TPSA) is 36.5 Å². The third-order valence-corrected chi connectivity index (χ3v) is 1.79. The molecule has 2 aromatic rings. The van der Waals surface area contributed by atoms with Gasteiger partial charge in [-0.1, -0.05) is 0 Å². The molecule has 2 rings (SSSR count). The van der Waals surface area contributed by atoms with E-state index in [1.54, 1.807) is 13.2 Å². The molecule has 12 heavy (non-hydrogen) atoms. The molecular weight excluding hydrogens is 178 g/mol. The largest absolute Gasteiger partial charge is 0.497 e. The van der Waals surface area contributed by atoms with E-state index in [-0.39, 0.29) is 5.35 Å². The number of halogens is 1. The zero-order valence-electron chi connectivity index (χ0n) is 6.43. The molecule has 0 atom stereocenters. The van der Waals surface area contributed by atoms with Gasteiger partial charge in [-0.05, 0) is 12.1 Å². The molecule has 0 spiro atoms. The highest BCUT2D eigenvalue weighted by Crippen LogP contribution is 2.19. The number of benzene rings is 1. The van der Waals surface area contributed by atoms with Crippen LogP contribution in [0.5, 0.6) is 5.75 Å². The van der Waals surface area contributed by atoms with Crippen molar-refractivity contribution in [3.63, 3.8) is 0 Å². The van der Waals surface area contributed by atoms with E-state index in [1.807, 2.05) is 12.1 Å². The first-order valence-corrected chi connectivity index (χ1v) is 3.83. The van der Waals surface area contributed by atoms with Crippen molar-refractivity contribution >= 4 is 22.7 Å². The number of H-pyrrole nitrogens is 1. The van der Waals surface area contributed by atoms with Crippen molar-refractivity contribution in [1.82, 2.24) is 0 Å². The highest BCUT2D eigenvalue weighted by molar-refractivity contribution is 6.27. The number of nitrogens with one attached hydrogen (secondary N) is 1. The molecule has 0 saturated carbocycles. The Morgan fingerprint density at radius 2 is 2.33 bits per heavy atom. The smallest absolute Gasteiger partial charge is 0.449 e. The zero-order valence-corrected chi connectivity index (χ0v) is 7.18. The fraction of sp³-hybridized carbons (Fsp3) is 0.125. The lowest BCUT2D eigenvalue weighted by atomic mass is 10.3. The number of rotatable bonds is 1. The summed E-state index contributed by atoms with van der Waals surface area (Å²) >= 11 is 5.62. The number of fused-ring (bicyclic) bond motifs is 1. The van der Waals surface area contributed by atoms with Crippen LogP contribution in [0.4, 0.5) is 0 Å². The average Bonchev–Trinajstić information content (AvgIpc) is 2.43. The minimum atomic E-state index is 0.276.